The smallest absolute Gasteiger partial charge is 0.309 e. The Hall–Kier alpha value is -1.54. The van der Waals surface area contributed by atoms with Gasteiger partial charge in [-0.3, -0.25) is 0 Å². The SMILES string of the molecule is N#CCC(NCCCC(F)(F)F)c1ccccc1. The minimum absolute atomic E-state index is 0.0261. The summed E-state index contributed by atoms with van der Waals surface area (Å²) in [6, 6.07) is 11.1. The topological polar surface area (TPSA) is 35.8 Å². The third kappa shape index (κ3) is 5.69. The molecule has 1 rings (SSSR count). The lowest BCUT2D eigenvalue weighted by Crippen LogP contribution is -2.23. The van der Waals surface area contributed by atoms with Crippen LogP contribution in [-0.4, -0.2) is 12.7 Å². The van der Waals surface area contributed by atoms with E-state index in [2.05, 4.69) is 5.32 Å². The summed E-state index contributed by atoms with van der Waals surface area (Å²) in [6.07, 6.45) is -4.64. The lowest BCUT2D eigenvalue weighted by Gasteiger charge is -2.16. The molecule has 0 aromatic heterocycles. The quantitative estimate of drug-likeness (QED) is 0.790. The molecule has 0 radical (unpaired) electrons. The monoisotopic (exact) mass is 256 g/mol. The summed E-state index contributed by atoms with van der Waals surface area (Å²) in [5.74, 6) is 0. The number of nitriles is 1. The molecule has 0 aliphatic heterocycles. The zero-order chi connectivity index (χ0) is 13.4. The summed E-state index contributed by atoms with van der Waals surface area (Å²) >= 11 is 0. The molecule has 2 nitrogen and oxygen atoms in total. The van der Waals surface area contributed by atoms with Crippen molar-refractivity contribution in [3.05, 3.63) is 35.9 Å². The van der Waals surface area contributed by atoms with Crippen LogP contribution in [0.4, 0.5) is 13.2 Å². The molecular weight excluding hydrogens is 241 g/mol. The minimum Gasteiger partial charge on any atom is -0.309 e. The molecule has 1 N–H and O–H groups in total. The van der Waals surface area contributed by atoms with Crippen molar-refractivity contribution >= 4 is 0 Å². The van der Waals surface area contributed by atoms with Crippen molar-refractivity contribution in [3.63, 3.8) is 0 Å². The van der Waals surface area contributed by atoms with Crippen molar-refractivity contribution in [2.45, 2.75) is 31.5 Å². The van der Waals surface area contributed by atoms with Gasteiger partial charge in [0.05, 0.1) is 12.5 Å². The predicted molar refractivity (Wildman–Crippen MR) is 62.7 cm³/mol. The number of halogens is 3. The molecule has 0 saturated heterocycles. The van der Waals surface area contributed by atoms with E-state index in [0.29, 0.717) is 0 Å². The molecular formula is C13H15F3N2. The highest BCUT2D eigenvalue weighted by atomic mass is 19.4. The van der Waals surface area contributed by atoms with Crippen molar-refractivity contribution in [1.82, 2.24) is 5.32 Å². The van der Waals surface area contributed by atoms with Crippen molar-refractivity contribution < 1.29 is 13.2 Å². The summed E-state index contributed by atoms with van der Waals surface area (Å²) < 4.78 is 35.9. The first kappa shape index (κ1) is 14.5. The first-order valence-corrected chi connectivity index (χ1v) is 5.75. The van der Waals surface area contributed by atoms with Crippen LogP contribution in [0.5, 0.6) is 0 Å². The molecule has 0 bridgehead atoms. The number of nitrogens with one attached hydrogen (secondary N) is 1. The summed E-state index contributed by atoms with van der Waals surface area (Å²) in [7, 11) is 0. The lowest BCUT2D eigenvalue weighted by molar-refractivity contribution is -0.135. The molecule has 1 atom stereocenters. The van der Waals surface area contributed by atoms with Gasteiger partial charge in [-0.1, -0.05) is 30.3 Å². The highest BCUT2D eigenvalue weighted by Gasteiger charge is 2.26. The Kier molecular flexibility index (Phi) is 5.66. The number of nitrogens with zero attached hydrogens (tertiary/aromatic N) is 1. The van der Waals surface area contributed by atoms with Crippen LogP contribution in [0.2, 0.25) is 0 Å². The van der Waals surface area contributed by atoms with E-state index in [1.807, 2.05) is 36.4 Å². The highest BCUT2D eigenvalue weighted by Crippen LogP contribution is 2.21. The van der Waals surface area contributed by atoms with Crippen LogP contribution in [0.15, 0.2) is 30.3 Å². The van der Waals surface area contributed by atoms with E-state index < -0.39 is 12.6 Å². The zero-order valence-electron chi connectivity index (χ0n) is 9.87. The van der Waals surface area contributed by atoms with Gasteiger partial charge in [0.15, 0.2) is 0 Å². The average molecular weight is 256 g/mol. The van der Waals surface area contributed by atoms with Crippen LogP contribution in [-0.2, 0) is 0 Å². The second-order valence-corrected chi connectivity index (χ2v) is 4.00. The third-order valence-electron chi connectivity index (χ3n) is 2.53. The van der Waals surface area contributed by atoms with Crippen LogP contribution in [0, 0.1) is 11.3 Å². The number of hydrogen-bond donors (Lipinski definition) is 1. The van der Waals surface area contributed by atoms with E-state index >= 15 is 0 Å². The molecule has 5 heteroatoms. The van der Waals surface area contributed by atoms with Crippen LogP contribution < -0.4 is 5.32 Å². The molecule has 1 aromatic carbocycles. The van der Waals surface area contributed by atoms with Crippen LogP contribution >= 0.6 is 0 Å². The van der Waals surface area contributed by atoms with Crippen molar-refractivity contribution in [2.24, 2.45) is 0 Å². The number of alkyl halides is 3. The highest BCUT2D eigenvalue weighted by molar-refractivity contribution is 5.19. The Morgan fingerprint density at radius 1 is 1.22 bits per heavy atom. The molecule has 0 fully saturated rings. The van der Waals surface area contributed by atoms with Gasteiger partial charge in [-0.05, 0) is 18.5 Å². The van der Waals surface area contributed by atoms with Gasteiger partial charge >= 0.3 is 6.18 Å². The number of benzene rings is 1. The second kappa shape index (κ2) is 7.02. The van der Waals surface area contributed by atoms with Gasteiger partial charge in [-0.15, -0.1) is 0 Å². The van der Waals surface area contributed by atoms with Gasteiger partial charge < -0.3 is 5.32 Å². The van der Waals surface area contributed by atoms with Gasteiger partial charge in [0, 0.05) is 12.5 Å². The average Bonchev–Trinajstić information content (AvgIpc) is 2.33. The van der Waals surface area contributed by atoms with Crippen molar-refractivity contribution in [2.75, 3.05) is 6.54 Å². The van der Waals surface area contributed by atoms with Gasteiger partial charge in [-0.25, -0.2) is 0 Å². The molecule has 0 spiro atoms. The molecule has 1 aromatic rings. The van der Waals surface area contributed by atoms with Gasteiger partial charge in [0.25, 0.3) is 0 Å². The van der Waals surface area contributed by atoms with Crippen LogP contribution in [0.25, 0.3) is 0 Å². The predicted octanol–water partition coefficient (Wildman–Crippen LogP) is 3.57. The van der Waals surface area contributed by atoms with Crippen molar-refractivity contribution in [3.8, 4) is 6.07 Å². The van der Waals surface area contributed by atoms with E-state index in [0.717, 1.165) is 5.56 Å². The number of hydrogen-bond acceptors (Lipinski definition) is 2. The lowest BCUT2D eigenvalue weighted by atomic mass is 10.0. The maximum Gasteiger partial charge on any atom is 0.389 e. The third-order valence-corrected chi connectivity index (χ3v) is 2.53. The Labute approximate surface area is 104 Å². The van der Waals surface area contributed by atoms with E-state index in [1.165, 1.54) is 0 Å². The molecule has 0 aliphatic carbocycles. The summed E-state index contributed by atoms with van der Waals surface area (Å²) in [5.41, 5.74) is 0.922. The van der Waals surface area contributed by atoms with E-state index in [4.69, 9.17) is 5.26 Å². The Morgan fingerprint density at radius 3 is 2.44 bits per heavy atom. The van der Waals surface area contributed by atoms with Gasteiger partial charge in [0.1, 0.15) is 0 Å². The fourth-order valence-corrected chi connectivity index (χ4v) is 1.65. The first-order chi connectivity index (χ1) is 8.53. The maximum absolute atomic E-state index is 12.0. The molecule has 0 aliphatic rings. The standard InChI is InChI=1S/C13H15F3N2/c14-13(15,16)8-4-10-18-12(7-9-17)11-5-2-1-3-6-11/h1-3,5-6,12,18H,4,7-8,10H2. The fourth-order valence-electron chi connectivity index (χ4n) is 1.65. The first-order valence-electron chi connectivity index (χ1n) is 5.75. The molecule has 0 amide bonds. The Bertz CT molecular complexity index is 381. The second-order valence-electron chi connectivity index (χ2n) is 4.00. The fraction of sp³-hybridized carbons (Fsp3) is 0.462. The molecule has 0 saturated carbocycles. The van der Waals surface area contributed by atoms with Crippen LogP contribution in [0.3, 0.4) is 0 Å². The van der Waals surface area contributed by atoms with Gasteiger partial charge in [-0.2, -0.15) is 18.4 Å². The maximum atomic E-state index is 12.0. The molecule has 0 heterocycles. The largest absolute Gasteiger partial charge is 0.389 e. The summed E-state index contributed by atoms with van der Waals surface area (Å²) in [5, 5.41) is 11.7. The van der Waals surface area contributed by atoms with E-state index in [1.54, 1.807) is 0 Å². The summed E-state index contributed by atoms with van der Waals surface area (Å²) in [6.45, 7) is 0.251. The molecule has 1 unspecified atom stereocenters. The molecule has 98 valence electrons. The minimum atomic E-state index is -4.11. The van der Waals surface area contributed by atoms with E-state index in [9.17, 15) is 13.2 Å². The molecule has 18 heavy (non-hydrogen) atoms. The van der Waals surface area contributed by atoms with Gasteiger partial charge in [0.2, 0.25) is 0 Å². The Morgan fingerprint density at radius 2 is 1.89 bits per heavy atom. The Balaban J connectivity index is 2.43. The zero-order valence-corrected chi connectivity index (χ0v) is 9.87. The van der Waals surface area contributed by atoms with E-state index in [-0.39, 0.29) is 25.4 Å². The van der Waals surface area contributed by atoms with Crippen molar-refractivity contribution in [1.29, 1.82) is 5.26 Å². The normalized spacial score (nSPS) is 13.0. The van der Waals surface area contributed by atoms with Crippen LogP contribution in [0.1, 0.15) is 30.9 Å². The summed E-state index contributed by atoms with van der Waals surface area (Å²) in [4.78, 5) is 0. The number of rotatable bonds is 6.